The molecule has 0 aliphatic carbocycles. The molecule has 1 aromatic heterocycles. The molecule has 22 heavy (non-hydrogen) atoms. The minimum absolute atomic E-state index is 0.147. The summed E-state index contributed by atoms with van der Waals surface area (Å²) in [5.41, 5.74) is 1.06. The second-order valence-corrected chi connectivity index (χ2v) is 6.02. The Morgan fingerprint density at radius 1 is 1.23 bits per heavy atom. The van der Waals surface area contributed by atoms with Crippen molar-refractivity contribution in [3.05, 3.63) is 36.2 Å². The van der Waals surface area contributed by atoms with Gasteiger partial charge in [0.2, 0.25) is 0 Å². The molecule has 1 aliphatic heterocycles. The van der Waals surface area contributed by atoms with Gasteiger partial charge in [-0.1, -0.05) is 30.3 Å². The van der Waals surface area contributed by atoms with Gasteiger partial charge in [-0.15, -0.1) is 0 Å². The first-order valence-electron chi connectivity index (χ1n) is 8.09. The topological polar surface area (TPSA) is 54.2 Å². The smallest absolute Gasteiger partial charge is 0.181 e. The SMILES string of the molecule is Cc1nc(-c2ccccc2)nn1CCCN1CCCC(O)C1. The van der Waals surface area contributed by atoms with E-state index in [1.165, 1.54) is 0 Å². The van der Waals surface area contributed by atoms with Crippen molar-refractivity contribution < 1.29 is 5.11 Å². The number of β-amino-alcohol motifs (C(OH)–C–C–N with tert-alkyl or cyclic N) is 1. The average molecular weight is 300 g/mol. The lowest BCUT2D eigenvalue weighted by Gasteiger charge is -2.29. The van der Waals surface area contributed by atoms with Crippen molar-refractivity contribution in [2.75, 3.05) is 19.6 Å². The lowest BCUT2D eigenvalue weighted by atomic mass is 10.1. The number of aryl methyl sites for hydroxylation is 2. The Morgan fingerprint density at radius 2 is 2.05 bits per heavy atom. The van der Waals surface area contributed by atoms with E-state index in [2.05, 4.69) is 15.0 Å². The summed E-state index contributed by atoms with van der Waals surface area (Å²) in [5, 5.41) is 14.3. The van der Waals surface area contributed by atoms with E-state index in [-0.39, 0.29) is 6.10 Å². The first-order chi connectivity index (χ1) is 10.7. The summed E-state index contributed by atoms with van der Waals surface area (Å²) in [6.07, 6.45) is 2.93. The molecule has 0 saturated carbocycles. The Balaban J connectivity index is 1.56. The van der Waals surface area contributed by atoms with Gasteiger partial charge in [-0.05, 0) is 32.7 Å². The monoisotopic (exact) mass is 300 g/mol. The summed E-state index contributed by atoms with van der Waals surface area (Å²) in [7, 11) is 0. The summed E-state index contributed by atoms with van der Waals surface area (Å²) in [4.78, 5) is 6.90. The highest BCUT2D eigenvalue weighted by Crippen LogP contribution is 2.15. The van der Waals surface area contributed by atoms with Crippen molar-refractivity contribution in [1.82, 2.24) is 19.7 Å². The Hall–Kier alpha value is -1.72. The number of aliphatic hydroxyl groups excluding tert-OH is 1. The lowest BCUT2D eigenvalue weighted by Crippen LogP contribution is -2.39. The van der Waals surface area contributed by atoms with Crippen molar-refractivity contribution in [1.29, 1.82) is 0 Å². The summed E-state index contributed by atoms with van der Waals surface area (Å²) in [6.45, 7) is 5.80. The van der Waals surface area contributed by atoms with Crippen molar-refractivity contribution in [2.45, 2.75) is 38.8 Å². The van der Waals surface area contributed by atoms with Crippen LogP contribution >= 0.6 is 0 Å². The van der Waals surface area contributed by atoms with E-state index in [0.29, 0.717) is 0 Å². The molecule has 1 aliphatic rings. The van der Waals surface area contributed by atoms with Crippen LogP contribution in [0.1, 0.15) is 25.1 Å². The van der Waals surface area contributed by atoms with E-state index in [1.54, 1.807) is 0 Å². The predicted molar refractivity (Wildman–Crippen MR) is 86.5 cm³/mol. The van der Waals surface area contributed by atoms with E-state index in [4.69, 9.17) is 0 Å². The molecule has 0 radical (unpaired) electrons. The van der Waals surface area contributed by atoms with Crippen LogP contribution in [0.3, 0.4) is 0 Å². The zero-order chi connectivity index (χ0) is 15.4. The van der Waals surface area contributed by atoms with Crippen LogP contribution in [0, 0.1) is 6.92 Å². The minimum Gasteiger partial charge on any atom is -0.392 e. The van der Waals surface area contributed by atoms with Crippen molar-refractivity contribution in [2.24, 2.45) is 0 Å². The largest absolute Gasteiger partial charge is 0.392 e. The van der Waals surface area contributed by atoms with E-state index in [0.717, 1.165) is 62.7 Å². The fourth-order valence-electron chi connectivity index (χ4n) is 3.02. The van der Waals surface area contributed by atoms with Gasteiger partial charge in [0.15, 0.2) is 5.82 Å². The van der Waals surface area contributed by atoms with E-state index < -0.39 is 0 Å². The van der Waals surface area contributed by atoms with Gasteiger partial charge in [-0.3, -0.25) is 0 Å². The van der Waals surface area contributed by atoms with Crippen LogP contribution in [0.4, 0.5) is 0 Å². The highest BCUT2D eigenvalue weighted by atomic mass is 16.3. The van der Waals surface area contributed by atoms with Crippen LogP contribution in [0.2, 0.25) is 0 Å². The van der Waals surface area contributed by atoms with Crippen LogP contribution in [-0.4, -0.2) is 50.5 Å². The fourth-order valence-corrected chi connectivity index (χ4v) is 3.02. The minimum atomic E-state index is -0.147. The Morgan fingerprint density at radius 3 is 2.82 bits per heavy atom. The molecule has 0 amide bonds. The Bertz CT molecular complexity index is 596. The van der Waals surface area contributed by atoms with Gasteiger partial charge in [0.25, 0.3) is 0 Å². The van der Waals surface area contributed by atoms with E-state index in [9.17, 15) is 5.11 Å². The summed E-state index contributed by atoms with van der Waals surface area (Å²) < 4.78 is 1.99. The summed E-state index contributed by atoms with van der Waals surface area (Å²) in [5.74, 6) is 1.75. The summed E-state index contributed by atoms with van der Waals surface area (Å²) in [6, 6.07) is 10.1. The standard InChI is InChI=1S/C17H24N4O/c1-14-18-17(15-7-3-2-4-8-15)19-21(14)12-6-11-20-10-5-9-16(22)13-20/h2-4,7-8,16,22H,5-6,9-13H2,1H3. The van der Waals surface area contributed by atoms with Gasteiger partial charge in [-0.2, -0.15) is 5.10 Å². The highest BCUT2D eigenvalue weighted by Gasteiger charge is 2.17. The van der Waals surface area contributed by atoms with Crippen LogP contribution in [0.25, 0.3) is 11.4 Å². The van der Waals surface area contributed by atoms with Crippen molar-refractivity contribution in [3.63, 3.8) is 0 Å². The van der Waals surface area contributed by atoms with Gasteiger partial charge in [0.1, 0.15) is 5.82 Å². The number of piperidine rings is 1. The fraction of sp³-hybridized carbons (Fsp3) is 0.529. The molecule has 1 saturated heterocycles. The van der Waals surface area contributed by atoms with Gasteiger partial charge >= 0.3 is 0 Å². The van der Waals surface area contributed by atoms with Crippen LogP contribution in [0.15, 0.2) is 30.3 Å². The van der Waals surface area contributed by atoms with Gasteiger partial charge in [-0.25, -0.2) is 9.67 Å². The number of nitrogens with zero attached hydrogens (tertiary/aromatic N) is 4. The number of hydrogen-bond acceptors (Lipinski definition) is 4. The molecule has 5 heteroatoms. The molecule has 2 aromatic rings. The molecule has 1 fully saturated rings. The van der Waals surface area contributed by atoms with Crippen molar-refractivity contribution in [3.8, 4) is 11.4 Å². The molecule has 2 heterocycles. The number of aromatic nitrogens is 3. The second-order valence-electron chi connectivity index (χ2n) is 6.02. The molecule has 0 bridgehead atoms. The van der Waals surface area contributed by atoms with Gasteiger partial charge in [0.05, 0.1) is 6.10 Å². The average Bonchev–Trinajstić information content (AvgIpc) is 2.90. The van der Waals surface area contributed by atoms with Gasteiger partial charge in [0, 0.05) is 25.2 Å². The zero-order valence-corrected chi connectivity index (χ0v) is 13.1. The third-order valence-corrected chi connectivity index (χ3v) is 4.21. The first kappa shape index (κ1) is 15.2. The maximum atomic E-state index is 9.70. The molecule has 1 N–H and O–H groups in total. The number of hydrogen-bond donors (Lipinski definition) is 1. The number of benzene rings is 1. The maximum Gasteiger partial charge on any atom is 0.181 e. The second kappa shape index (κ2) is 7.03. The third-order valence-electron chi connectivity index (χ3n) is 4.21. The normalized spacial score (nSPS) is 19.5. The molecule has 1 unspecified atom stereocenters. The molecule has 118 valence electrons. The van der Waals surface area contributed by atoms with Crippen LogP contribution in [0.5, 0.6) is 0 Å². The van der Waals surface area contributed by atoms with Gasteiger partial charge < -0.3 is 10.0 Å². The predicted octanol–water partition coefficient (Wildman–Crippen LogP) is 2.10. The third kappa shape index (κ3) is 3.72. The number of likely N-dealkylation sites (tertiary alicyclic amines) is 1. The molecular formula is C17H24N4O. The quantitative estimate of drug-likeness (QED) is 0.919. The highest BCUT2D eigenvalue weighted by molar-refractivity contribution is 5.53. The molecule has 3 rings (SSSR count). The lowest BCUT2D eigenvalue weighted by molar-refractivity contribution is 0.0694. The Kier molecular flexibility index (Phi) is 4.85. The molecule has 5 nitrogen and oxygen atoms in total. The van der Waals surface area contributed by atoms with E-state index in [1.807, 2.05) is 41.9 Å². The molecule has 1 aromatic carbocycles. The van der Waals surface area contributed by atoms with Crippen molar-refractivity contribution >= 4 is 0 Å². The maximum absolute atomic E-state index is 9.70. The Labute approximate surface area is 131 Å². The zero-order valence-electron chi connectivity index (χ0n) is 13.1. The van der Waals surface area contributed by atoms with Crippen LogP contribution < -0.4 is 0 Å². The first-order valence-corrected chi connectivity index (χ1v) is 8.09. The van der Waals surface area contributed by atoms with E-state index >= 15 is 0 Å². The molecular weight excluding hydrogens is 276 g/mol. The summed E-state index contributed by atoms with van der Waals surface area (Å²) >= 11 is 0. The molecule has 0 spiro atoms. The number of aliphatic hydroxyl groups is 1. The number of rotatable bonds is 5. The molecule has 1 atom stereocenters. The van der Waals surface area contributed by atoms with Crippen LogP contribution in [-0.2, 0) is 6.54 Å².